The molecule has 2 aromatic heterocycles. The van der Waals surface area contributed by atoms with Gasteiger partial charge >= 0.3 is 0 Å². The summed E-state index contributed by atoms with van der Waals surface area (Å²) >= 11 is 0. The van der Waals surface area contributed by atoms with Crippen molar-refractivity contribution in [3.8, 4) is 0 Å². The van der Waals surface area contributed by atoms with Crippen molar-refractivity contribution in [2.45, 2.75) is 26.4 Å². The monoisotopic (exact) mass is 283 g/mol. The average molecular weight is 283 g/mol. The predicted octanol–water partition coefficient (Wildman–Crippen LogP) is 2.51. The van der Waals surface area contributed by atoms with E-state index in [1.807, 2.05) is 41.8 Å². The van der Waals surface area contributed by atoms with Crippen LogP contribution >= 0.6 is 0 Å². The van der Waals surface area contributed by atoms with Crippen LogP contribution in [0.1, 0.15) is 18.5 Å². The maximum atomic E-state index is 12.1. The minimum atomic E-state index is -0.0516. The first-order chi connectivity index (χ1) is 10.3. The maximum Gasteiger partial charge on any atom is 0.240 e. The highest BCUT2D eigenvalue weighted by atomic mass is 16.3. The molecule has 21 heavy (non-hydrogen) atoms. The first-order valence-electron chi connectivity index (χ1n) is 7.01. The minimum absolute atomic E-state index is 0.0516. The smallest absolute Gasteiger partial charge is 0.240 e. The Morgan fingerprint density at radius 1 is 1.29 bits per heavy atom. The van der Waals surface area contributed by atoms with Crippen LogP contribution in [0.5, 0.6) is 0 Å². The Morgan fingerprint density at radius 2 is 2.14 bits per heavy atom. The highest BCUT2D eigenvalue weighted by Crippen LogP contribution is 2.16. The molecule has 0 atom stereocenters. The molecule has 1 amide bonds. The van der Waals surface area contributed by atoms with E-state index in [-0.39, 0.29) is 12.5 Å². The number of rotatable bonds is 5. The van der Waals surface area contributed by atoms with Gasteiger partial charge in [-0.1, -0.05) is 19.1 Å². The summed E-state index contributed by atoms with van der Waals surface area (Å²) in [4.78, 5) is 16.7. The van der Waals surface area contributed by atoms with Crippen molar-refractivity contribution in [2.75, 3.05) is 0 Å². The third kappa shape index (κ3) is 2.81. The van der Waals surface area contributed by atoms with Crippen molar-refractivity contribution in [3.63, 3.8) is 0 Å². The standard InChI is InChI=1S/C16H17N3O2/c1-2-15-18-13-7-3-4-8-14(13)19(15)11-16(20)17-10-12-6-5-9-21-12/h3-9H,2,10-11H2,1H3,(H,17,20). The van der Waals surface area contributed by atoms with Gasteiger partial charge in [0.1, 0.15) is 18.1 Å². The highest BCUT2D eigenvalue weighted by Gasteiger charge is 2.12. The number of benzene rings is 1. The fourth-order valence-corrected chi connectivity index (χ4v) is 2.37. The number of nitrogens with zero attached hydrogens (tertiary/aromatic N) is 2. The van der Waals surface area contributed by atoms with Gasteiger partial charge in [-0.3, -0.25) is 4.79 Å². The predicted molar refractivity (Wildman–Crippen MR) is 79.7 cm³/mol. The SMILES string of the molecule is CCc1nc2ccccc2n1CC(=O)NCc1ccco1. The fraction of sp³-hybridized carbons (Fsp3) is 0.250. The molecule has 1 aromatic carbocycles. The zero-order valence-corrected chi connectivity index (χ0v) is 11.9. The van der Waals surface area contributed by atoms with E-state index in [0.29, 0.717) is 6.54 Å². The van der Waals surface area contributed by atoms with Crippen LogP contribution in [0.25, 0.3) is 11.0 Å². The third-order valence-corrected chi connectivity index (χ3v) is 3.39. The topological polar surface area (TPSA) is 60.1 Å². The molecule has 0 saturated carbocycles. The second-order valence-corrected chi connectivity index (χ2v) is 4.81. The van der Waals surface area contributed by atoms with E-state index in [4.69, 9.17) is 4.42 Å². The number of nitrogens with one attached hydrogen (secondary N) is 1. The number of hydrogen-bond acceptors (Lipinski definition) is 3. The van der Waals surface area contributed by atoms with Crippen molar-refractivity contribution in [3.05, 3.63) is 54.2 Å². The van der Waals surface area contributed by atoms with Crippen molar-refractivity contribution in [1.29, 1.82) is 0 Å². The largest absolute Gasteiger partial charge is 0.467 e. The lowest BCUT2D eigenvalue weighted by atomic mass is 10.3. The number of fused-ring (bicyclic) bond motifs is 1. The van der Waals surface area contributed by atoms with Crippen LogP contribution in [0.15, 0.2) is 47.1 Å². The zero-order valence-electron chi connectivity index (χ0n) is 11.9. The molecule has 0 fully saturated rings. The van der Waals surface area contributed by atoms with Crippen LogP contribution in [0.3, 0.4) is 0 Å². The number of amides is 1. The third-order valence-electron chi connectivity index (χ3n) is 3.39. The summed E-state index contributed by atoms with van der Waals surface area (Å²) in [7, 11) is 0. The molecule has 108 valence electrons. The molecule has 5 heteroatoms. The van der Waals surface area contributed by atoms with Crippen LogP contribution < -0.4 is 5.32 Å². The molecule has 0 radical (unpaired) electrons. The number of aromatic nitrogens is 2. The maximum absolute atomic E-state index is 12.1. The number of hydrogen-bond donors (Lipinski definition) is 1. The van der Waals surface area contributed by atoms with Gasteiger partial charge in [-0.15, -0.1) is 0 Å². The number of imidazole rings is 1. The number of carbonyl (C=O) groups is 1. The van der Waals surface area contributed by atoms with Gasteiger partial charge in [-0.25, -0.2) is 4.98 Å². The molecule has 5 nitrogen and oxygen atoms in total. The van der Waals surface area contributed by atoms with E-state index in [0.717, 1.165) is 29.0 Å². The van der Waals surface area contributed by atoms with E-state index in [2.05, 4.69) is 10.3 Å². The Kier molecular flexibility index (Phi) is 3.73. The molecule has 1 N–H and O–H groups in total. The molecule has 0 aliphatic rings. The first kappa shape index (κ1) is 13.4. The molecule has 0 aliphatic heterocycles. The molecule has 3 aromatic rings. The quantitative estimate of drug-likeness (QED) is 0.782. The molecule has 0 unspecified atom stereocenters. The summed E-state index contributed by atoms with van der Waals surface area (Å²) in [5.74, 6) is 1.61. The molecule has 3 rings (SSSR count). The normalized spacial score (nSPS) is 10.9. The molecule has 0 bridgehead atoms. The van der Waals surface area contributed by atoms with Gasteiger partial charge in [-0.05, 0) is 24.3 Å². The molecular weight excluding hydrogens is 266 g/mol. The van der Waals surface area contributed by atoms with Crippen LogP contribution in [-0.4, -0.2) is 15.5 Å². The Labute approximate surface area is 122 Å². The Balaban J connectivity index is 1.76. The van der Waals surface area contributed by atoms with E-state index < -0.39 is 0 Å². The van der Waals surface area contributed by atoms with Crippen LogP contribution in [0.2, 0.25) is 0 Å². The highest BCUT2D eigenvalue weighted by molar-refractivity contribution is 5.81. The first-order valence-corrected chi connectivity index (χ1v) is 7.01. The zero-order chi connectivity index (χ0) is 14.7. The molecule has 2 heterocycles. The Bertz CT molecular complexity index is 744. The van der Waals surface area contributed by atoms with E-state index >= 15 is 0 Å². The second kappa shape index (κ2) is 5.83. The van der Waals surface area contributed by atoms with Crippen LogP contribution in [0, 0.1) is 0 Å². The molecule has 0 spiro atoms. The van der Waals surface area contributed by atoms with Crippen LogP contribution in [-0.2, 0) is 24.3 Å². The summed E-state index contributed by atoms with van der Waals surface area (Å²) < 4.78 is 7.17. The molecular formula is C16H17N3O2. The number of carbonyl (C=O) groups excluding carboxylic acids is 1. The van der Waals surface area contributed by atoms with Crippen molar-refractivity contribution in [1.82, 2.24) is 14.9 Å². The van der Waals surface area contributed by atoms with Gasteiger partial charge in [0.05, 0.1) is 23.8 Å². The van der Waals surface area contributed by atoms with Crippen LogP contribution in [0.4, 0.5) is 0 Å². The van der Waals surface area contributed by atoms with Gasteiger partial charge in [0, 0.05) is 6.42 Å². The fourth-order valence-electron chi connectivity index (χ4n) is 2.37. The minimum Gasteiger partial charge on any atom is -0.467 e. The number of furan rings is 1. The van der Waals surface area contributed by atoms with Crippen molar-refractivity contribution >= 4 is 16.9 Å². The lowest BCUT2D eigenvalue weighted by Crippen LogP contribution is -2.27. The van der Waals surface area contributed by atoms with Gasteiger partial charge in [0.15, 0.2) is 0 Å². The summed E-state index contributed by atoms with van der Waals surface area (Å²) in [6.45, 7) is 2.71. The summed E-state index contributed by atoms with van der Waals surface area (Å²) in [5, 5.41) is 2.86. The average Bonchev–Trinajstić information content (AvgIpc) is 3.13. The second-order valence-electron chi connectivity index (χ2n) is 4.81. The Hall–Kier alpha value is -2.56. The van der Waals surface area contributed by atoms with E-state index in [1.54, 1.807) is 12.3 Å². The van der Waals surface area contributed by atoms with Crippen molar-refractivity contribution in [2.24, 2.45) is 0 Å². The lowest BCUT2D eigenvalue weighted by Gasteiger charge is -2.08. The van der Waals surface area contributed by atoms with Crippen molar-refractivity contribution < 1.29 is 9.21 Å². The lowest BCUT2D eigenvalue weighted by molar-refractivity contribution is -0.121. The number of aryl methyl sites for hydroxylation is 1. The van der Waals surface area contributed by atoms with E-state index in [9.17, 15) is 4.79 Å². The summed E-state index contributed by atoms with van der Waals surface area (Å²) in [5.41, 5.74) is 1.91. The van der Waals surface area contributed by atoms with Gasteiger partial charge in [0.25, 0.3) is 0 Å². The Morgan fingerprint density at radius 3 is 2.90 bits per heavy atom. The van der Waals surface area contributed by atoms with E-state index in [1.165, 1.54) is 0 Å². The summed E-state index contributed by atoms with van der Waals surface area (Å²) in [6, 6.07) is 11.5. The molecule has 0 aliphatic carbocycles. The number of para-hydroxylation sites is 2. The van der Waals surface area contributed by atoms with Gasteiger partial charge in [-0.2, -0.15) is 0 Å². The van der Waals surface area contributed by atoms with Gasteiger partial charge < -0.3 is 14.3 Å². The molecule has 0 saturated heterocycles. The summed E-state index contributed by atoms with van der Waals surface area (Å²) in [6.07, 6.45) is 2.39. The van der Waals surface area contributed by atoms with Gasteiger partial charge in [0.2, 0.25) is 5.91 Å².